The topological polar surface area (TPSA) is 92.7 Å². The van der Waals surface area contributed by atoms with Crippen LogP contribution in [0, 0.1) is 13.8 Å². The van der Waals surface area contributed by atoms with Crippen LogP contribution in [0.5, 0.6) is 0 Å². The standard InChI is InChI=1S/C15H21N5O2/c1-8(2)20-7-16-19-13(20)11(5)18-15(22)12-9(3)6-10(4)17-14(12)21/h6-8,11H,1-5H3,(H,17,21)(H,18,22). The molecule has 2 aromatic rings. The van der Waals surface area contributed by atoms with Gasteiger partial charge in [-0.05, 0) is 46.2 Å². The Balaban J connectivity index is 2.26. The molecule has 0 fully saturated rings. The smallest absolute Gasteiger partial charge is 0.261 e. The molecule has 22 heavy (non-hydrogen) atoms. The van der Waals surface area contributed by atoms with Crippen molar-refractivity contribution in [2.75, 3.05) is 0 Å². The second kappa shape index (κ2) is 6.13. The Morgan fingerprint density at radius 2 is 2.00 bits per heavy atom. The highest BCUT2D eigenvalue weighted by Crippen LogP contribution is 2.15. The predicted octanol–water partition coefficient (Wildman–Crippen LogP) is 1.66. The van der Waals surface area contributed by atoms with Crippen LogP contribution in [0.1, 0.15) is 60.3 Å². The van der Waals surface area contributed by atoms with Gasteiger partial charge in [-0.1, -0.05) is 0 Å². The quantitative estimate of drug-likeness (QED) is 0.898. The number of hydrogen-bond acceptors (Lipinski definition) is 4. The van der Waals surface area contributed by atoms with E-state index in [1.807, 2.05) is 25.3 Å². The van der Waals surface area contributed by atoms with Gasteiger partial charge >= 0.3 is 0 Å². The number of amides is 1. The molecule has 0 spiro atoms. The highest BCUT2D eigenvalue weighted by Gasteiger charge is 2.20. The van der Waals surface area contributed by atoms with Crippen molar-refractivity contribution < 1.29 is 4.79 Å². The Labute approximate surface area is 128 Å². The fourth-order valence-corrected chi connectivity index (χ4v) is 2.43. The lowest BCUT2D eigenvalue weighted by Crippen LogP contribution is -2.34. The highest BCUT2D eigenvalue weighted by atomic mass is 16.2. The average Bonchev–Trinajstić information content (AvgIpc) is 2.86. The van der Waals surface area contributed by atoms with E-state index in [9.17, 15) is 9.59 Å². The number of carbonyl (C=O) groups excluding carboxylic acids is 1. The number of nitrogens with one attached hydrogen (secondary N) is 2. The van der Waals surface area contributed by atoms with Crippen LogP contribution < -0.4 is 10.9 Å². The molecule has 7 nitrogen and oxygen atoms in total. The highest BCUT2D eigenvalue weighted by molar-refractivity contribution is 5.95. The van der Waals surface area contributed by atoms with Crippen LogP contribution in [0.3, 0.4) is 0 Å². The molecule has 2 heterocycles. The summed E-state index contributed by atoms with van der Waals surface area (Å²) in [6, 6.07) is 1.61. The number of nitrogens with zero attached hydrogens (tertiary/aromatic N) is 3. The Hall–Kier alpha value is -2.44. The number of aromatic amines is 1. The summed E-state index contributed by atoms with van der Waals surface area (Å²) in [6.45, 7) is 9.37. The van der Waals surface area contributed by atoms with Gasteiger partial charge < -0.3 is 14.9 Å². The summed E-state index contributed by atoms with van der Waals surface area (Å²) < 4.78 is 1.89. The van der Waals surface area contributed by atoms with Crippen LogP contribution in [0.4, 0.5) is 0 Å². The van der Waals surface area contributed by atoms with Gasteiger partial charge in [0.1, 0.15) is 11.9 Å². The molecular weight excluding hydrogens is 282 g/mol. The first-order valence-corrected chi connectivity index (χ1v) is 7.22. The van der Waals surface area contributed by atoms with Gasteiger partial charge in [0.25, 0.3) is 11.5 Å². The second-order valence-electron chi connectivity index (χ2n) is 5.72. The van der Waals surface area contributed by atoms with E-state index in [1.54, 1.807) is 26.2 Å². The molecule has 0 aliphatic heterocycles. The summed E-state index contributed by atoms with van der Waals surface area (Å²) in [5.41, 5.74) is 1.13. The number of rotatable bonds is 4. The van der Waals surface area contributed by atoms with Crippen LogP contribution in [0.25, 0.3) is 0 Å². The molecule has 118 valence electrons. The summed E-state index contributed by atoms with van der Waals surface area (Å²) in [4.78, 5) is 27.0. The zero-order valence-corrected chi connectivity index (χ0v) is 13.5. The van der Waals surface area contributed by atoms with Gasteiger partial charge in [-0.25, -0.2) is 0 Å². The van der Waals surface area contributed by atoms with Crippen molar-refractivity contribution in [2.45, 2.75) is 46.7 Å². The summed E-state index contributed by atoms with van der Waals surface area (Å²) in [5.74, 6) is 0.245. The first kappa shape index (κ1) is 15.9. The first-order chi connectivity index (χ1) is 10.3. The molecule has 0 radical (unpaired) electrons. The maximum absolute atomic E-state index is 12.4. The fraction of sp³-hybridized carbons (Fsp3) is 0.467. The summed E-state index contributed by atoms with van der Waals surface area (Å²) in [5, 5.41) is 10.8. The monoisotopic (exact) mass is 303 g/mol. The van der Waals surface area contributed by atoms with E-state index in [0.717, 1.165) is 5.69 Å². The second-order valence-corrected chi connectivity index (χ2v) is 5.72. The van der Waals surface area contributed by atoms with Crippen molar-refractivity contribution in [3.05, 3.63) is 45.4 Å². The van der Waals surface area contributed by atoms with Crippen molar-refractivity contribution in [1.29, 1.82) is 0 Å². The molecule has 2 aromatic heterocycles. The molecule has 0 saturated heterocycles. The Morgan fingerprint density at radius 3 is 2.59 bits per heavy atom. The molecule has 0 bridgehead atoms. The number of aryl methyl sites for hydroxylation is 2. The Bertz CT molecular complexity index is 745. The number of aromatic nitrogens is 4. The van der Waals surface area contributed by atoms with E-state index in [1.165, 1.54) is 0 Å². The van der Waals surface area contributed by atoms with Crippen molar-refractivity contribution in [1.82, 2.24) is 25.1 Å². The number of hydrogen-bond donors (Lipinski definition) is 2. The van der Waals surface area contributed by atoms with E-state index in [-0.39, 0.29) is 23.2 Å². The molecule has 1 unspecified atom stereocenters. The van der Waals surface area contributed by atoms with Gasteiger partial charge in [0.2, 0.25) is 0 Å². The molecule has 0 saturated carbocycles. The van der Waals surface area contributed by atoms with Crippen LogP contribution in [0.15, 0.2) is 17.2 Å². The lowest BCUT2D eigenvalue weighted by Gasteiger charge is -2.17. The summed E-state index contributed by atoms with van der Waals surface area (Å²) in [6.07, 6.45) is 1.63. The fourth-order valence-electron chi connectivity index (χ4n) is 2.43. The number of pyridine rings is 1. The predicted molar refractivity (Wildman–Crippen MR) is 82.8 cm³/mol. The molecule has 7 heteroatoms. The van der Waals surface area contributed by atoms with Crippen LogP contribution in [0.2, 0.25) is 0 Å². The third-order valence-corrected chi connectivity index (χ3v) is 3.48. The van der Waals surface area contributed by atoms with E-state index in [2.05, 4.69) is 20.5 Å². The Morgan fingerprint density at radius 1 is 1.32 bits per heavy atom. The van der Waals surface area contributed by atoms with Gasteiger partial charge in [0, 0.05) is 11.7 Å². The Kier molecular flexibility index (Phi) is 4.44. The minimum absolute atomic E-state index is 0.132. The maximum atomic E-state index is 12.4. The van der Waals surface area contributed by atoms with E-state index in [4.69, 9.17) is 0 Å². The summed E-state index contributed by atoms with van der Waals surface area (Å²) in [7, 11) is 0. The van der Waals surface area contributed by atoms with Gasteiger partial charge in [0.15, 0.2) is 5.82 Å². The minimum atomic E-state index is -0.412. The minimum Gasteiger partial charge on any atom is -0.342 e. The van der Waals surface area contributed by atoms with E-state index < -0.39 is 5.91 Å². The lowest BCUT2D eigenvalue weighted by molar-refractivity contribution is 0.0935. The number of carbonyl (C=O) groups is 1. The van der Waals surface area contributed by atoms with Crippen LogP contribution in [-0.2, 0) is 0 Å². The third-order valence-electron chi connectivity index (χ3n) is 3.48. The van der Waals surface area contributed by atoms with Crippen molar-refractivity contribution in [2.24, 2.45) is 0 Å². The van der Waals surface area contributed by atoms with Crippen molar-refractivity contribution in [3.63, 3.8) is 0 Å². The van der Waals surface area contributed by atoms with Gasteiger partial charge in [-0.3, -0.25) is 9.59 Å². The van der Waals surface area contributed by atoms with E-state index >= 15 is 0 Å². The summed E-state index contributed by atoms with van der Waals surface area (Å²) >= 11 is 0. The molecule has 2 rings (SSSR count). The molecular formula is C15H21N5O2. The third kappa shape index (κ3) is 3.08. The molecule has 1 amide bonds. The zero-order valence-electron chi connectivity index (χ0n) is 13.5. The first-order valence-electron chi connectivity index (χ1n) is 7.22. The van der Waals surface area contributed by atoms with Gasteiger partial charge in [-0.15, -0.1) is 10.2 Å². The molecule has 1 atom stereocenters. The van der Waals surface area contributed by atoms with Crippen LogP contribution in [-0.4, -0.2) is 25.7 Å². The lowest BCUT2D eigenvalue weighted by atomic mass is 10.1. The zero-order chi connectivity index (χ0) is 16.4. The maximum Gasteiger partial charge on any atom is 0.261 e. The van der Waals surface area contributed by atoms with Gasteiger partial charge in [0.05, 0.1) is 6.04 Å². The average molecular weight is 303 g/mol. The van der Waals surface area contributed by atoms with E-state index in [0.29, 0.717) is 11.4 Å². The molecule has 0 aromatic carbocycles. The molecule has 0 aliphatic rings. The SMILES string of the molecule is Cc1cc(C)c(C(=O)NC(C)c2nncn2C(C)C)c(=O)[nH]1. The van der Waals surface area contributed by atoms with Crippen LogP contribution >= 0.6 is 0 Å². The van der Waals surface area contributed by atoms with Gasteiger partial charge in [-0.2, -0.15) is 0 Å². The molecule has 0 aliphatic carbocycles. The normalized spacial score (nSPS) is 12.5. The van der Waals surface area contributed by atoms with Crippen molar-refractivity contribution >= 4 is 5.91 Å². The largest absolute Gasteiger partial charge is 0.342 e. The van der Waals surface area contributed by atoms with Crippen molar-refractivity contribution in [3.8, 4) is 0 Å². The number of H-pyrrole nitrogens is 1. The molecule has 2 N–H and O–H groups in total.